The molecule has 4 nitrogen and oxygen atoms in total. The first kappa shape index (κ1) is 9.90. The molecule has 42 valence electrons. The molecule has 0 atom stereocenters. The predicted octanol–water partition coefficient (Wildman–Crippen LogP) is -0.315. The van der Waals surface area contributed by atoms with Crippen LogP contribution in [0.15, 0.2) is 0 Å². The monoisotopic (exact) mass is 156 g/mol. The van der Waals surface area contributed by atoms with Crippen molar-refractivity contribution >= 4 is 8.60 Å². The minimum absolute atomic E-state index is 0. The average Bonchev–Trinajstić information content (AvgIpc) is 1.38. The van der Waals surface area contributed by atoms with Crippen molar-refractivity contribution in [3.05, 3.63) is 0 Å². The average molecular weight is 157 g/mol. The third kappa shape index (κ3) is 8.83. The van der Waals surface area contributed by atoms with Crippen LogP contribution in [0.25, 0.3) is 0 Å². The molecule has 0 heterocycles. The van der Waals surface area contributed by atoms with E-state index in [1.807, 2.05) is 0 Å². The van der Waals surface area contributed by atoms with E-state index in [0.29, 0.717) is 0 Å². The summed E-state index contributed by atoms with van der Waals surface area (Å²) in [6, 6.07) is 0. The van der Waals surface area contributed by atoms with E-state index in [1.165, 1.54) is 0 Å². The van der Waals surface area contributed by atoms with Gasteiger partial charge in [-0.15, -0.1) is 0 Å². The van der Waals surface area contributed by atoms with Gasteiger partial charge in [0.25, 0.3) is 0 Å². The summed E-state index contributed by atoms with van der Waals surface area (Å²) in [5.74, 6) is 0. The Morgan fingerprint density at radius 1 is 1.33 bits per heavy atom. The maximum atomic E-state index is 7.51. The van der Waals surface area contributed by atoms with Gasteiger partial charge in [-0.05, 0) is 0 Å². The zero-order valence-electron chi connectivity index (χ0n) is 2.51. The standard InChI is InChI=1S/Ni.H3O4P/c;1-4-5(2)3/h;1-3H. The van der Waals surface area contributed by atoms with Crippen molar-refractivity contribution in [3.63, 3.8) is 0 Å². The topological polar surface area (TPSA) is 69.9 Å². The Morgan fingerprint density at radius 3 is 1.50 bits per heavy atom. The summed E-state index contributed by atoms with van der Waals surface area (Å²) in [6.07, 6.45) is 0. The predicted molar refractivity (Wildman–Crippen MR) is 15.1 cm³/mol. The molecule has 0 unspecified atom stereocenters. The van der Waals surface area contributed by atoms with Crippen LogP contribution in [-0.4, -0.2) is 15.0 Å². The number of hydrogen-bond acceptors (Lipinski definition) is 4. The molecule has 6 heteroatoms. The second kappa shape index (κ2) is 5.76. The molecule has 0 aromatic carbocycles. The van der Waals surface area contributed by atoms with Crippen molar-refractivity contribution in [2.75, 3.05) is 0 Å². The molecule has 0 amide bonds. The van der Waals surface area contributed by atoms with Crippen LogP contribution in [-0.2, 0) is 21.2 Å². The second-order valence-corrected chi connectivity index (χ2v) is 1.00. The zero-order chi connectivity index (χ0) is 4.28. The molecule has 0 aliphatic carbocycles. The quantitative estimate of drug-likeness (QED) is 0.211. The van der Waals surface area contributed by atoms with Crippen molar-refractivity contribution in [2.24, 2.45) is 0 Å². The molecule has 0 radical (unpaired) electrons. The van der Waals surface area contributed by atoms with E-state index in [1.54, 1.807) is 0 Å². The van der Waals surface area contributed by atoms with Crippen molar-refractivity contribution in [3.8, 4) is 0 Å². The van der Waals surface area contributed by atoms with E-state index in [9.17, 15) is 0 Å². The third-order valence-corrected chi connectivity index (χ3v) is 0.219. The summed E-state index contributed by atoms with van der Waals surface area (Å²) in [5.41, 5.74) is 0. The van der Waals surface area contributed by atoms with Crippen LogP contribution in [0.1, 0.15) is 0 Å². The van der Waals surface area contributed by atoms with Crippen molar-refractivity contribution in [2.45, 2.75) is 0 Å². The van der Waals surface area contributed by atoms with Crippen LogP contribution < -0.4 is 0 Å². The first-order valence-corrected chi connectivity index (χ1v) is 1.93. The van der Waals surface area contributed by atoms with Gasteiger partial charge in [0.15, 0.2) is 0 Å². The minimum Gasteiger partial charge on any atom is -0.327 e. The van der Waals surface area contributed by atoms with Gasteiger partial charge in [-0.1, -0.05) is 0 Å². The van der Waals surface area contributed by atoms with Gasteiger partial charge in [0.05, 0.1) is 0 Å². The van der Waals surface area contributed by atoms with Crippen LogP contribution in [0, 0.1) is 0 Å². The molecule has 0 bridgehead atoms. The first-order chi connectivity index (χ1) is 2.27. The molecule has 6 heavy (non-hydrogen) atoms. The zero-order valence-corrected chi connectivity index (χ0v) is 4.40. The molecule has 0 saturated heterocycles. The molecule has 3 N–H and O–H groups in total. The summed E-state index contributed by atoms with van der Waals surface area (Å²) < 4.78 is 2.93. The molecule has 0 aromatic heterocycles. The van der Waals surface area contributed by atoms with Crippen LogP contribution in [0.3, 0.4) is 0 Å². The molecular formula is H3NiO4P. The van der Waals surface area contributed by atoms with Gasteiger partial charge in [0.1, 0.15) is 0 Å². The fourth-order valence-corrected chi connectivity index (χ4v) is 0. The summed E-state index contributed by atoms with van der Waals surface area (Å²) in [5, 5.41) is 7.17. The number of rotatable bonds is 1. The van der Waals surface area contributed by atoms with E-state index in [0.717, 1.165) is 0 Å². The van der Waals surface area contributed by atoms with Crippen molar-refractivity contribution < 1.29 is 36.2 Å². The van der Waals surface area contributed by atoms with Crippen LogP contribution in [0.4, 0.5) is 0 Å². The summed E-state index contributed by atoms with van der Waals surface area (Å²) >= 11 is 0. The second-order valence-electron chi connectivity index (χ2n) is 0.334. The van der Waals surface area contributed by atoms with Gasteiger partial charge in [-0.3, -0.25) is 0 Å². The Labute approximate surface area is 45.6 Å². The maximum Gasteiger partial charge on any atom is 0.357 e. The Hall–Kier alpha value is 0.764. The van der Waals surface area contributed by atoms with Gasteiger partial charge in [-0.2, -0.15) is 4.67 Å². The van der Waals surface area contributed by atoms with Gasteiger partial charge < -0.3 is 9.79 Å². The van der Waals surface area contributed by atoms with Crippen LogP contribution >= 0.6 is 8.60 Å². The maximum absolute atomic E-state index is 7.51. The summed E-state index contributed by atoms with van der Waals surface area (Å²) in [6.45, 7) is 0. The Morgan fingerprint density at radius 2 is 1.50 bits per heavy atom. The molecule has 0 fully saturated rings. The largest absolute Gasteiger partial charge is 0.357 e. The third-order valence-electron chi connectivity index (χ3n) is 0.0730. The number of hydrogen-bond donors (Lipinski definition) is 3. The Balaban J connectivity index is 0. The van der Waals surface area contributed by atoms with Crippen molar-refractivity contribution in [1.29, 1.82) is 0 Å². The van der Waals surface area contributed by atoms with E-state index in [4.69, 9.17) is 15.0 Å². The first-order valence-electron chi connectivity index (χ1n) is 0.765. The molecule has 0 aromatic rings. The van der Waals surface area contributed by atoms with Gasteiger partial charge in [0, 0.05) is 16.5 Å². The van der Waals surface area contributed by atoms with Crippen molar-refractivity contribution in [1.82, 2.24) is 0 Å². The Bertz CT molecular complexity index is 21.5. The molecule has 0 saturated carbocycles. The van der Waals surface area contributed by atoms with Gasteiger partial charge in [-0.25, -0.2) is 5.26 Å². The van der Waals surface area contributed by atoms with E-state index in [-0.39, 0.29) is 16.5 Å². The van der Waals surface area contributed by atoms with Crippen LogP contribution in [0.5, 0.6) is 0 Å². The molecule has 0 aliphatic rings. The van der Waals surface area contributed by atoms with E-state index < -0.39 is 8.60 Å². The van der Waals surface area contributed by atoms with E-state index >= 15 is 0 Å². The fourth-order valence-electron chi connectivity index (χ4n) is 0. The molecular weight excluding hydrogens is 154 g/mol. The normalized spacial score (nSPS) is 8.00. The SMILES string of the molecule is OOP(O)O.[Ni]. The van der Waals surface area contributed by atoms with Gasteiger partial charge >= 0.3 is 8.60 Å². The van der Waals surface area contributed by atoms with E-state index in [2.05, 4.69) is 4.67 Å². The summed E-state index contributed by atoms with van der Waals surface area (Å²) in [7, 11) is -2.54. The molecule has 0 aliphatic heterocycles. The van der Waals surface area contributed by atoms with Crippen LogP contribution in [0.2, 0.25) is 0 Å². The smallest absolute Gasteiger partial charge is 0.327 e. The molecule has 0 spiro atoms. The Kier molecular flexibility index (Phi) is 9.51. The van der Waals surface area contributed by atoms with Gasteiger partial charge in [0.2, 0.25) is 0 Å². The summed E-state index contributed by atoms with van der Waals surface area (Å²) in [4.78, 5) is 15.0. The molecule has 0 rings (SSSR count). The fraction of sp³-hybridized carbons (Fsp3) is 0. The minimum atomic E-state index is -2.54.